The van der Waals surface area contributed by atoms with E-state index in [1.807, 2.05) is 43.3 Å². The molecule has 3 rings (SSSR count). The molecule has 0 saturated carbocycles. The number of benzene rings is 2. The van der Waals surface area contributed by atoms with Crippen LogP contribution in [0.5, 0.6) is 11.5 Å². The molecular weight excluding hydrogens is 453 g/mol. The largest absolute Gasteiger partial charge is 0.457 e. The fourth-order valence-corrected chi connectivity index (χ4v) is 3.24. The van der Waals surface area contributed by atoms with Crippen LogP contribution in [-0.4, -0.2) is 21.9 Å². The summed E-state index contributed by atoms with van der Waals surface area (Å²) in [5, 5.41) is 4.72. The fourth-order valence-electron chi connectivity index (χ4n) is 2.51. The van der Waals surface area contributed by atoms with Gasteiger partial charge in [0.25, 0.3) is 0 Å². The molecule has 7 heteroatoms. The zero-order valence-electron chi connectivity index (χ0n) is 13.8. The molecule has 0 spiro atoms. The predicted octanol–water partition coefficient (Wildman–Crippen LogP) is 4.89. The molecule has 0 N–H and O–H groups in total. The maximum atomic E-state index is 6.52. The van der Waals surface area contributed by atoms with Crippen LogP contribution in [0, 0.1) is 3.57 Å². The third-order valence-electron chi connectivity index (χ3n) is 3.94. The molecule has 1 aromatic heterocycles. The highest BCUT2D eigenvalue weighted by molar-refractivity contribution is 14.1. The molecular formula is C18H17ClIN3O2. The predicted molar refractivity (Wildman–Crippen MR) is 105 cm³/mol. The second-order valence-corrected chi connectivity index (χ2v) is 7.38. The second-order valence-electron chi connectivity index (χ2n) is 5.73. The van der Waals surface area contributed by atoms with Crippen LogP contribution in [0.1, 0.15) is 12.5 Å². The van der Waals surface area contributed by atoms with Crippen molar-refractivity contribution in [2.45, 2.75) is 19.1 Å². The monoisotopic (exact) mass is 469 g/mol. The van der Waals surface area contributed by atoms with Gasteiger partial charge in [-0.15, -0.1) is 0 Å². The molecule has 130 valence electrons. The van der Waals surface area contributed by atoms with Crippen LogP contribution in [0.25, 0.3) is 0 Å². The van der Waals surface area contributed by atoms with Crippen LogP contribution < -0.4 is 4.74 Å². The van der Waals surface area contributed by atoms with Gasteiger partial charge in [0.05, 0.1) is 11.6 Å². The molecule has 25 heavy (non-hydrogen) atoms. The Bertz CT molecular complexity index is 840. The SMILES string of the molecule is COC(C)(Cn1cncn1)c1ccc(Oc2ccc(I)cc2)cc1Cl. The van der Waals surface area contributed by atoms with E-state index in [1.54, 1.807) is 24.2 Å². The molecule has 1 atom stereocenters. The maximum absolute atomic E-state index is 6.52. The minimum absolute atomic E-state index is 0.501. The van der Waals surface area contributed by atoms with E-state index < -0.39 is 5.60 Å². The van der Waals surface area contributed by atoms with Gasteiger partial charge in [0.2, 0.25) is 0 Å². The zero-order valence-corrected chi connectivity index (χ0v) is 16.7. The first-order valence-corrected chi connectivity index (χ1v) is 9.07. The highest BCUT2D eigenvalue weighted by Crippen LogP contribution is 2.35. The van der Waals surface area contributed by atoms with E-state index >= 15 is 0 Å². The highest BCUT2D eigenvalue weighted by atomic mass is 127. The maximum Gasteiger partial charge on any atom is 0.137 e. The third-order valence-corrected chi connectivity index (χ3v) is 4.97. The van der Waals surface area contributed by atoms with Crippen LogP contribution in [0.3, 0.4) is 0 Å². The van der Waals surface area contributed by atoms with Crippen molar-refractivity contribution in [2.24, 2.45) is 0 Å². The Kier molecular flexibility index (Phi) is 5.61. The smallest absolute Gasteiger partial charge is 0.137 e. The molecule has 0 aliphatic rings. The third kappa shape index (κ3) is 4.31. The molecule has 2 aromatic carbocycles. The number of hydrogen-bond acceptors (Lipinski definition) is 4. The first kappa shape index (κ1) is 18.2. The summed E-state index contributed by atoms with van der Waals surface area (Å²) < 4.78 is 14.5. The Morgan fingerprint density at radius 2 is 1.88 bits per heavy atom. The molecule has 5 nitrogen and oxygen atoms in total. The van der Waals surface area contributed by atoms with Crippen molar-refractivity contribution in [3.05, 3.63) is 69.3 Å². The van der Waals surface area contributed by atoms with Gasteiger partial charge in [-0.2, -0.15) is 5.10 Å². The normalized spacial score (nSPS) is 13.4. The average Bonchev–Trinajstić information content (AvgIpc) is 3.09. The minimum atomic E-state index is -0.633. The molecule has 0 amide bonds. The van der Waals surface area contributed by atoms with Crippen molar-refractivity contribution in [1.29, 1.82) is 0 Å². The topological polar surface area (TPSA) is 49.2 Å². The lowest BCUT2D eigenvalue weighted by Gasteiger charge is -2.29. The summed E-state index contributed by atoms with van der Waals surface area (Å²) in [6, 6.07) is 13.4. The standard InChI is InChI=1S/C18H17ClIN3O2/c1-18(24-2,10-23-12-21-11-22-23)16-8-7-15(9-17(16)19)25-14-5-3-13(20)4-6-14/h3-9,11-12H,10H2,1-2H3. The number of ether oxygens (including phenoxy) is 2. The first-order valence-electron chi connectivity index (χ1n) is 7.61. The minimum Gasteiger partial charge on any atom is -0.457 e. The van der Waals surface area contributed by atoms with Crippen molar-refractivity contribution in [3.63, 3.8) is 0 Å². The molecule has 1 heterocycles. The molecule has 0 aliphatic carbocycles. The summed E-state index contributed by atoms with van der Waals surface area (Å²) in [7, 11) is 1.66. The van der Waals surface area contributed by atoms with Crippen LogP contribution in [0.2, 0.25) is 5.02 Å². The van der Waals surface area contributed by atoms with Gasteiger partial charge in [-0.05, 0) is 65.9 Å². The van der Waals surface area contributed by atoms with Gasteiger partial charge >= 0.3 is 0 Å². The summed E-state index contributed by atoms with van der Waals surface area (Å²) in [5.41, 5.74) is 0.230. The molecule has 0 radical (unpaired) electrons. The molecule has 1 unspecified atom stereocenters. The van der Waals surface area contributed by atoms with Gasteiger partial charge < -0.3 is 9.47 Å². The number of nitrogens with zero attached hydrogens (tertiary/aromatic N) is 3. The lowest BCUT2D eigenvalue weighted by Crippen LogP contribution is -2.31. The Hall–Kier alpha value is -1.64. The zero-order chi connectivity index (χ0) is 17.9. The number of halogens is 2. The summed E-state index contributed by atoms with van der Waals surface area (Å²) in [5.74, 6) is 1.44. The van der Waals surface area contributed by atoms with Crippen LogP contribution in [0.4, 0.5) is 0 Å². The lowest BCUT2D eigenvalue weighted by atomic mass is 9.95. The molecule has 0 saturated heterocycles. The quantitative estimate of drug-likeness (QED) is 0.482. The van der Waals surface area contributed by atoms with E-state index in [4.69, 9.17) is 21.1 Å². The average molecular weight is 470 g/mol. The Labute approximate surface area is 165 Å². The molecule has 0 fully saturated rings. The van der Waals surface area contributed by atoms with E-state index in [9.17, 15) is 0 Å². The van der Waals surface area contributed by atoms with Gasteiger partial charge in [-0.3, -0.25) is 0 Å². The summed E-state index contributed by atoms with van der Waals surface area (Å²) >= 11 is 8.77. The van der Waals surface area contributed by atoms with Gasteiger partial charge in [0, 0.05) is 16.2 Å². The van der Waals surface area contributed by atoms with Crippen molar-refractivity contribution in [3.8, 4) is 11.5 Å². The Morgan fingerprint density at radius 1 is 1.16 bits per heavy atom. The van der Waals surface area contributed by atoms with E-state index in [1.165, 1.54) is 6.33 Å². The summed E-state index contributed by atoms with van der Waals surface area (Å²) in [6.45, 7) is 2.47. The van der Waals surface area contributed by atoms with Gasteiger partial charge in [0.1, 0.15) is 29.8 Å². The van der Waals surface area contributed by atoms with E-state index in [0.29, 0.717) is 17.3 Å². The van der Waals surface area contributed by atoms with Crippen molar-refractivity contribution >= 4 is 34.2 Å². The number of aromatic nitrogens is 3. The fraction of sp³-hybridized carbons (Fsp3) is 0.222. The number of methoxy groups -OCH3 is 1. The highest BCUT2D eigenvalue weighted by Gasteiger charge is 2.30. The summed E-state index contributed by atoms with van der Waals surface area (Å²) in [4.78, 5) is 3.97. The van der Waals surface area contributed by atoms with Crippen molar-refractivity contribution in [2.75, 3.05) is 7.11 Å². The van der Waals surface area contributed by atoms with Crippen molar-refractivity contribution < 1.29 is 9.47 Å². The molecule has 3 aromatic rings. The van der Waals surface area contributed by atoms with Crippen LogP contribution in [-0.2, 0) is 16.9 Å². The Balaban J connectivity index is 1.83. The lowest BCUT2D eigenvalue weighted by molar-refractivity contribution is -0.0156. The van der Waals surface area contributed by atoms with E-state index in [2.05, 4.69) is 32.7 Å². The van der Waals surface area contributed by atoms with E-state index in [0.717, 1.165) is 14.9 Å². The van der Waals surface area contributed by atoms with Crippen LogP contribution in [0.15, 0.2) is 55.1 Å². The van der Waals surface area contributed by atoms with Gasteiger partial charge in [-0.1, -0.05) is 17.7 Å². The Morgan fingerprint density at radius 3 is 2.48 bits per heavy atom. The first-order chi connectivity index (χ1) is 12.0. The van der Waals surface area contributed by atoms with Crippen LogP contribution >= 0.6 is 34.2 Å². The summed E-state index contributed by atoms with van der Waals surface area (Å²) in [6.07, 6.45) is 3.15. The molecule has 0 bridgehead atoms. The van der Waals surface area contributed by atoms with E-state index in [-0.39, 0.29) is 0 Å². The van der Waals surface area contributed by atoms with Gasteiger partial charge in [0.15, 0.2) is 0 Å². The second kappa shape index (κ2) is 7.72. The molecule has 0 aliphatic heterocycles. The van der Waals surface area contributed by atoms with Crippen molar-refractivity contribution in [1.82, 2.24) is 14.8 Å². The number of hydrogen-bond donors (Lipinski definition) is 0. The van der Waals surface area contributed by atoms with Gasteiger partial charge in [-0.25, -0.2) is 9.67 Å². The number of rotatable bonds is 6.